The third-order valence-corrected chi connectivity index (χ3v) is 6.81. The predicted molar refractivity (Wildman–Crippen MR) is 148 cm³/mol. The van der Waals surface area contributed by atoms with Gasteiger partial charge in [-0.15, -0.1) is 22.6 Å². The molecule has 0 amide bonds. The van der Waals surface area contributed by atoms with Gasteiger partial charge in [0.1, 0.15) is 11.6 Å². The Hall–Kier alpha value is -2.91. The van der Waals surface area contributed by atoms with Gasteiger partial charge in [0.15, 0.2) is 11.6 Å². The van der Waals surface area contributed by atoms with E-state index in [1.165, 1.54) is 0 Å². The maximum absolute atomic E-state index is 15.4. The van der Waals surface area contributed by atoms with Crippen LogP contribution >= 0.6 is 12.4 Å². The molecular formula is C28H33ClF2N6. The van der Waals surface area contributed by atoms with E-state index in [4.69, 9.17) is 0 Å². The number of hydrogen-bond acceptors (Lipinski definition) is 5. The molecule has 3 heterocycles. The van der Waals surface area contributed by atoms with Gasteiger partial charge in [0.05, 0.1) is 11.1 Å². The van der Waals surface area contributed by atoms with Crippen molar-refractivity contribution in [2.75, 3.05) is 46.8 Å². The first kappa shape index (κ1) is 27.1. The second-order valence-electron chi connectivity index (χ2n) is 9.56. The number of halogens is 3. The molecule has 5 rings (SSSR count). The molecule has 2 aliphatic heterocycles. The minimum absolute atomic E-state index is 0. The van der Waals surface area contributed by atoms with Gasteiger partial charge in [0, 0.05) is 26.2 Å². The highest BCUT2D eigenvalue weighted by atomic mass is 35.5. The van der Waals surface area contributed by atoms with Gasteiger partial charge in [-0.1, -0.05) is 24.3 Å². The highest BCUT2D eigenvalue weighted by Crippen LogP contribution is 2.32. The lowest BCUT2D eigenvalue weighted by Gasteiger charge is -2.17. The largest absolute Gasteiger partial charge is 0.313 e. The summed E-state index contributed by atoms with van der Waals surface area (Å²) in [5, 5.41) is 15.2. The molecule has 2 N–H and O–H groups in total. The summed E-state index contributed by atoms with van der Waals surface area (Å²) in [6.07, 6.45) is 5.93. The van der Waals surface area contributed by atoms with Crippen molar-refractivity contribution in [3.05, 3.63) is 71.3 Å². The van der Waals surface area contributed by atoms with Gasteiger partial charge in [-0.3, -0.25) is 0 Å². The minimum atomic E-state index is -0.356. The fraction of sp³-hybridized carbons (Fsp3) is 0.357. The van der Waals surface area contributed by atoms with E-state index in [0.717, 1.165) is 61.3 Å². The first-order valence-corrected chi connectivity index (χ1v) is 12.5. The van der Waals surface area contributed by atoms with E-state index in [1.54, 1.807) is 24.3 Å². The van der Waals surface area contributed by atoms with Crippen molar-refractivity contribution in [2.45, 2.75) is 19.4 Å². The molecule has 9 heteroatoms. The molecule has 196 valence electrons. The van der Waals surface area contributed by atoms with Crippen LogP contribution in [-0.2, 0) is 6.54 Å². The molecule has 37 heavy (non-hydrogen) atoms. The first-order chi connectivity index (χ1) is 17.5. The monoisotopic (exact) mass is 526 g/mol. The molecule has 0 saturated heterocycles. The standard InChI is InChI=1S/C28H32F2N6.ClH/c1-35(2)15-16-36-27(23-5-3-21(17-25(23)29)19-7-11-31-12-8-19)33-34-28(36)24-6-4-22(18-26(24)30)20-9-13-32-14-10-20;/h3-7,9,17-18,31-32H,8,10-16H2,1-2H3;1H. The van der Waals surface area contributed by atoms with Crippen LogP contribution in [0, 0.1) is 11.6 Å². The highest BCUT2D eigenvalue weighted by Gasteiger charge is 2.22. The molecule has 1 aromatic heterocycles. The highest BCUT2D eigenvalue weighted by molar-refractivity contribution is 5.85. The van der Waals surface area contributed by atoms with Crippen LogP contribution in [0.25, 0.3) is 33.9 Å². The Kier molecular flexibility index (Phi) is 8.87. The number of hydrogen-bond donors (Lipinski definition) is 2. The van der Waals surface area contributed by atoms with Gasteiger partial charge in [-0.25, -0.2) is 8.78 Å². The summed E-state index contributed by atoms with van der Waals surface area (Å²) in [4.78, 5) is 2.03. The molecule has 0 spiro atoms. The van der Waals surface area contributed by atoms with Crippen molar-refractivity contribution < 1.29 is 8.78 Å². The van der Waals surface area contributed by atoms with Crippen LogP contribution in [0.4, 0.5) is 8.78 Å². The van der Waals surface area contributed by atoms with E-state index >= 15 is 8.78 Å². The molecule has 2 aliphatic rings. The van der Waals surface area contributed by atoms with Gasteiger partial charge >= 0.3 is 0 Å². The van der Waals surface area contributed by atoms with Crippen LogP contribution in [-0.4, -0.2) is 66.5 Å². The average Bonchev–Trinajstić information content (AvgIpc) is 3.31. The zero-order valence-corrected chi connectivity index (χ0v) is 22.0. The van der Waals surface area contributed by atoms with E-state index in [1.807, 2.05) is 35.7 Å². The molecule has 6 nitrogen and oxygen atoms in total. The summed E-state index contributed by atoms with van der Waals surface area (Å²) >= 11 is 0. The maximum Gasteiger partial charge on any atom is 0.167 e. The van der Waals surface area contributed by atoms with E-state index in [9.17, 15) is 0 Å². The van der Waals surface area contributed by atoms with Crippen molar-refractivity contribution in [1.29, 1.82) is 0 Å². The van der Waals surface area contributed by atoms with E-state index < -0.39 is 0 Å². The second kappa shape index (κ2) is 12.1. The number of rotatable bonds is 7. The quantitative estimate of drug-likeness (QED) is 0.470. The van der Waals surface area contributed by atoms with Crippen LogP contribution in [0.2, 0.25) is 0 Å². The first-order valence-electron chi connectivity index (χ1n) is 12.5. The van der Waals surface area contributed by atoms with Crippen LogP contribution in [0.5, 0.6) is 0 Å². The number of nitrogens with one attached hydrogen (secondary N) is 2. The van der Waals surface area contributed by atoms with Crippen molar-refractivity contribution in [3.8, 4) is 22.8 Å². The fourth-order valence-corrected chi connectivity index (χ4v) is 4.78. The van der Waals surface area contributed by atoms with Crippen molar-refractivity contribution in [3.63, 3.8) is 0 Å². The Labute approximate surface area is 222 Å². The SMILES string of the molecule is CN(C)CCn1c(-c2ccc(C3=CCNCC3)cc2F)nnc1-c1ccc(C2=CCNCC2)cc1F.Cl. The third kappa shape index (κ3) is 5.99. The lowest BCUT2D eigenvalue weighted by atomic mass is 9.98. The Morgan fingerprint density at radius 1 is 0.811 bits per heavy atom. The topological polar surface area (TPSA) is 58.0 Å². The van der Waals surface area contributed by atoms with Crippen molar-refractivity contribution in [2.24, 2.45) is 0 Å². The van der Waals surface area contributed by atoms with Gasteiger partial charge in [0.25, 0.3) is 0 Å². The van der Waals surface area contributed by atoms with Gasteiger partial charge in [0.2, 0.25) is 0 Å². The van der Waals surface area contributed by atoms with Crippen molar-refractivity contribution >= 4 is 23.6 Å². The Morgan fingerprint density at radius 2 is 1.30 bits per heavy atom. The molecule has 0 saturated carbocycles. The van der Waals surface area contributed by atoms with Crippen LogP contribution in [0.3, 0.4) is 0 Å². The zero-order chi connectivity index (χ0) is 25.1. The third-order valence-electron chi connectivity index (χ3n) is 6.81. The zero-order valence-electron chi connectivity index (χ0n) is 21.2. The summed E-state index contributed by atoms with van der Waals surface area (Å²) in [5.74, 6) is 0.0933. The van der Waals surface area contributed by atoms with Crippen LogP contribution in [0.15, 0.2) is 48.6 Å². The summed E-state index contributed by atoms with van der Waals surface area (Å²) in [5.41, 5.74) is 4.77. The molecule has 2 aromatic carbocycles. The fourth-order valence-electron chi connectivity index (χ4n) is 4.78. The van der Waals surface area contributed by atoms with E-state index in [0.29, 0.717) is 35.9 Å². The molecule has 0 bridgehead atoms. The summed E-state index contributed by atoms with van der Waals surface area (Å²) in [7, 11) is 3.93. The molecule has 0 fully saturated rings. The summed E-state index contributed by atoms with van der Waals surface area (Å²) in [6.45, 7) is 4.53. The molecule has 0 atom stereocenters. The Morgan fingerprint density at radius 3 is 1.68 bits per heavy atom. The Balaban J connectivity index is 0.00000320. The van der Waals surface area contributed by atoms with Gasteiger partial charge in [-0.05, 0) is 86.6 Å². The van der Waals surface area contributed by atoms with E-state index in [2.05, 4.69) is 33.0 Å². The van der Waals surface area contributed by atoms with Gasteiger partial charge in [-0.2, -0.15) is 0 Å². The smallest absolute Gasteiger partial charge is 0.167 e. The molecule has 3 aromatic rings. The lowest BCUT2D eigenvalue weighted by Crippen LogP contribution is -2.20. The molecule has 0 unspecified atom stereocenters. The molecule has 0 radical (unpaired) electrons. The number of likely N-dealkylation sites (N-methyl/N-ethyl adjacent to an activating group) is 1. The van der Waals surface area contributed by atoms with Gasteiger partial charge < -0.3 is 20.1 Å². The molecular weight excluding hydrogens is 494 g/mol. The summed E-state index contributed by atoms with van der Waals surface area (Å²) in [6, 6.07) is 10.5. The minimum Gasteiger partial charge on any atom is -0.313 e. The number of aromatic nitrogens is 3. The second-order valence-corrected chi connectivity index (χ2v) is 9.56. The number of nitrogens with zero attached hydrogens (tertiary/aromatic N) is 4. The predicted octanol–water partition coefficient (Wildman–Crippen LogP) is 4.63. The average molecular weight is 527 g/mol. The maximum atomic E-state index is 15.4. The lowest BCUT2D eigenvalue weighted by molar-refractivity contribution is 0.385. The molecule has 0 aliphatic carbocycles. The summed E-state index contributed by atoms with van der Waals surface area (Å²) < 4.78 is 32.6. The number of benzene rings is 2. The van der Waals surface area contributed by atoms with Crippen molar-refractivity contribution in [1.82, 2.24) is 30.3 Å². The normalized spacial score (nSPS) is 15.8. The Bertz CT molecular complexity index is 1220. The van der Waals surface area contributed by atoms with Crippen LogP contribution < -0.4 is 10.6 Å². The van der Waals surface area contributed by atoms with Crippen LogP contribution in [0.1, 0.15) is 24.0 Å². The van der Waals surface area contributed by atoms with E-state index in [-0.39, 0.29) is 24.0 Å².